The quantitative estimate of drug-likeness (QED) is 0.276. The molecule has 40 heavy (non-hydrogen) atoms. The Labute approximate surface area is 229 Å². The van der Waals surface area contributed by atoms with Gasteiger partial charge in [0.25, 0.3) is 5.91 Å². The third-order valence-corrected chi connectivity index (χ3v) is 6.79. The number of aromatic nitrogens is 1. The van der Waals surface area contributed by atoms with Crippen LogP contribution in [0.5, 0.6) is 5.75 Å². The number of carboxylic acid groups (broad SMARTS) is 1. The van der Waals surface area contributed by atoms with Crippen molar-refractivity contribution < 1.29 is 19.8 Å². The van der Waals surface area contributed by atoms with Gasteiger partial charge in [-0.3, -0.25) is 9.59 Å². The van der Waals surface area contributed by atoms with Gasteiger partial charge in [0.1, 0.15) is 11.3 Å². The molecule has 1 aliphatic heterocycles. The van der Waals surface area contributed by atoms with E-state index in [0.717, 1.165) is 11.8 Å². The molecule has 1 atom stereocenters. The SMILES string of the molecule is CC1=NN(c2ccc(C(C)(C)C)cc2)C(=O)C1N=Nc1cccc(-c2ccc3c(=O)c(C(=O)O)c[nH]c3c2)c1O. The third kappa shape index (κ3) is 4.75. The van der Waals surface area contributed by atoms with E-state index in [0.29, 0.717) is 28.0 Å². The van der Waals surface area contributed by atoms with Crippen molar-refractivity contribution in [3.8, 4) is 16.9 Å². The van der Waals surface area contributed by atoms with E-state index < -0.39 is 17.4 Å². The first-order chi connectivity index (χ1) is 19.0. The summed E-state index contributed by atoms with van der Waals surface area (Å²) >= 11 is 0. The van der Waals surface area contributed by atoms with Crippen LogP contribution in [0.25, 0.3) is 22.0 Å². The minimum atomic E-state index is -1.31. The number of para-hydroxylation sites is 1. The summed E-state index contributed by atoms with van der Waals surface area (Å²) in [5.41, 5.74) is 2.83. The van der Waals surface area contributed by atoms with Crippen LogP contribution in [0.15, 0.2) is 87.0 Å². The number of aromatic amines is 1. The predicted octanol–water partition coefficient (Wildman–Crippen LogP) is 5.77. The van der Waals surface area contributed by atoms with Crippen LogP contribution in [0.1, 0.15) is 43.6 Å². The number of amides is 1. The lowest BCUT2D eigenvalue weighted by Crippen LogP contribution is -2.29. The summed E-state index contributed by atoms with van der Waals surface area (Å²) in [4.78, 5) is 39.7. The van der Waals surface area contributed by atoms with E-state index >= 15 is 0 Å². The number of aromatic carboxylic acids is 1. The average molecular weight is 538 g/mol. The summed E-state index contributed by atoms with van der Waals surface area (Å²) < 4.78 is 0. The van der Waals surface area contributed by atoms with Crippen LogP contribution < -0.4 is 10.4 Å². The molecule has 0 spiro atoms. The van der Waals surface area contributed by atoms with E-state index in [1.165, 1.54) is 11.1 Å². The van der Waals surface area contributed by atoms with E-state index in [2.05, 4.69) is 41.1 Å². The number of benzene rings is 3. The Morgan fingerprint density at radius 2 is 1.77 bits per heavy atom. The van der Waals surface area contributed by atoms with Gasteiger partial charge in [-0.05, 0) is 53.8 Å². The molecule has 10 heteroatoms. The molecule has 1 aliphatic rings. The Morgan fingerprint density at radius 3 is 2.45 bits per heavy atom. The number of carbonyl (C=O) groups is 2. The zero-order chi connectivity index (χ0) is 28.8. The molecule has 5 rings (SSSR count). The number of hydrogen-bond donors (Lipinski definition) is 3. The van der Waals surface area contributed by atoms with Gasteiger partial charge < -0.3 is 15.2 Å². The number of nitrogens with zero attached hydrogens (tertiary/aromatic N) is 4. The van der Waals surface area contributed by atoms with Crippen molar-refractivity contribution in [1.82, 2.24) is 4.98 Å². The molecular formula is C30H27N5O5. The van der Waals surface area contributed by atoms with Crippen LogP contribution in [0.3, 0.4) is 0 Å². The van der Waals surface area contributed by atoms with Crippen LogP contribution in [0.4, 0.5) is 11.4 Å². The number of azo groups is 1. The number of aromatic hydroxyl groups is 1. The molecule has 0 bridgehead atoms. The number of hydrazone groups is 1. The highest BCUT2D eigenvalue weighted by Crippen LogP contribution is 2.38. The molecule has 3 N–H and O–H groups in total. The lowest BCUT2D eigenvalue weighted by molar-refractivity contribution is -0.117. The molecule has 1 unspecified atom stereocenters. The Balaban J connectivity index is 1.41. The Hall–Kier alpha value is -5.12. The van der Waals surface area contributed by atoms with Gasteiger partial charge in [-0.25, -0.2) is 4.79 Å². The van der Waals surface area contributed by atoms with Gasteiger partial charge >= 0.3 is 5.97 Å². The van der Waals surface area contributed by atoms with Gasteiger partial charge in [0, 0.05) is 22.7 Å². The Bertz CT molecular complexity index is 1780. The number of fused-ring (bicyclic) bond motifs is 1. The highest BCUT2D eigenvalue weighted by Gasteiger charge is 2.35. The zero-order valence-corrected chi connectivity index (χ0v) is 22.3. The molecule has 1 aromatic heterocycles. The number of rotatable bonds is 5. The number of H-pyrrole nitrogens is 1. The average Bonchev–Trinajstić information content (AvgIpc) is 3.20. The molecule has 3 aromatic carbocycles. The molecule has 1 amide bonds. The lowest BCUT2D eigenvalue weighted by Gasteiger charge is -2.20. The largest absolute Gasteiger partial charge is 0.505 e. The molecule has 0 radical (unpaired) electrons. The number of carbonyl (C=O) groups excluding carboxylic acids is 1. The van der Waals surface area contributed by atoms with Crippen LogP contribution in [0.2, 0.25) is 0 Å². The number of phenolic OH excluding ortho intramolecular Hbond substituents is 1. The second-order valence-electron chi connectivity index (χ2n) is 10.6. The monoisotopic (exact) mass is 537 g/mol. The second-order valence-corrected chi connectivity index (χ2v) is 10.6. The van der Waals surface area contributed by atoms with Crippen LogP contribution >= 0.6 is 0 Å². The molecule has 0 fully saturated rings. The van der Waals surface area contributed by atoms with Crippen molar-refractivity contribution >= 4 is 39.9 Å². The number of pyridine rings is 1. The highest BCUT2D eigenvalue weighted by atomic mass is 16.4. The fourth-order valence-electron chi connectivity index (χ4n) is 4.49. The minimum Gasteiger partial charge on any atom is -0.505 e. The van der Waals surface area contributed by atoms with Crippen molar-refractivity contribution in [3.05, 3.63) is 88.2 Å². The van der Waals surface area contributed by atoms with Gasteiger partial charge in [-0.15, -0.1) is 0 Å². The summed E-state index contributed by atoms with van der Waals surface area (Å²) in [5.74, 6) is -1.82. The summed E-state index contributed by atoms with van der Waals surface area (Å²) in [6.07, 6.45) is 1.14. The van der Waals surface area contributed by atoms with Crippen LogP contribution in [-0.4, -0.2) is 38.8 Å². The van der Waals surface area contributed by atoms with Crippen molar-refractivity contribution in [1.29, 1.82) is 0 Å². The smallest absolute Gasteiger partial charge is 0.341 e. The van der Waals surface area contributed by atoms with Crippen molar-refractivity contribution in [3.63, 3.8) is 0 Å². The van der Waals surface area contributed by atoms with E-state index in [1.807, 2.05) is 24.3 Å². The zero-order valence-electron chi connectivity index (χ0n) is 22.3. The van der Waals surface area contributed by atoms with Gasteiger partial charge in [-0.1, -0.05) is 51.1 Å². The molecule has 0 aliphatic carbocycles. The molecule has 10 nitrogen and oxygen atoms in total. The van der Waals surface area contributed by atoms with Crippen LogP contribution in [0, 0.1) is 0 Å². The van der Waals surface area contributed by atoms with Crippen molar-refractivity contribution in [2.75, 3.05) is 5.01 Å². The normalized spacial score (nSPS) is 15.7. The number of carboxylic acids is 1. The van der Waals surface area contributed by atoms with Gasteiger partial charge in [0.2, 0.25) is 5.43 Å². The number of hydrogen-bond acceptors (Lipinski definition) is 7. The van der Waals surface area contributed by atoms with E-state index in [4.69, 9.17) is 0 Å². The number of nitrogens with one attached hydrogen (secondary N) is 1. The van der Waals surface area contributed by atoms with Gasteiger partial charge in [0.05, 0.1) is 11.4 Å². The Morgan fingerprint density at radius 1 is 1.05 bits per heavy atom. The topological polar surface area (TPSA) is 148 Å². The number of phenols is 1. The molecule has 4 aromatic rings. The third-order valence-electron chi connectivity index (χ3n) is 6.79. The first-order valence-electron chi connectivity index (χ1n) is 12.6. The summed E-state index contributed by atoms with van der Waals surface area (Å²) in [6, 6.07) is 16.4. The maximum absolute atomic E-state index is 13.1. The minimum absolute atomic E-state index is 0.0199. The van der Waals surface area contributed by atoms with Crippen molar-refractivity contribution in [2.45, 2.75) is 39.2 Å². The standard InChI is InChI=1S/C30H27N5O5/c1-16-25(28(38)35(34-16)19-11-9-18(10-12-19)30(2,3)4)33-32-23-7-5-6-20(27(23)37)17-8-13-21-24(14-17)31-15-22(26(21)36)29(39)40/h5-15,25,37H,1-4H3,(H,31,36)(H,39,40). The van der Waals surface area contributed by atoms with Gasteiger partial charge in [0.15, 0.2) is 11.8 Å². The summed E-state index contributed by atoms with van der Waals surface area (Å²) in [7, 11) is 0. The maximum Gasteiger partial charge on any atom is 0.341 e. The van der Waals surface area contributed by atoms with Gasteiger partial charge in [-0.2, -0.15) is 20.3 Å². The molecule has 202 valence electrons. The van der Waals surface area contributed by atoms with E-state index in [1.54, 1.807) is 37.3 Å². The highest BCUT2D eigenvalue weighted by molar-refractivity contribution is 6.18. The molecule has 0 saturated carbocycles. The first-order valence-corrected chi connectivity index (χ1v) is 12.6. The second kappa shape index (κ2) is 9.88. The fraction of sp³-hybridized carbons (Fsp3) is 0.200. The Kier molecular flexibility index (Phi) is 6.54. The predicted molar refractivity (Wildman–Crippen MR) is 153 cm³/mol. The first kappa shape index (κ1) is 26.5. The fourth-order valence-corrected chi connectivity index (χ4v) is 4.49. The summed E-state index contributed by atoms with van der Waals surface area (Å²) in [5, 5.41) is 34.5. The van der Waals surface area contributed by atoms with Crippen molar-refractivity contribution in [2.24, 2.45) is 15.3 Å². The van der Waals surface area contributed by atoms with E-state index in [9.17, 15) is 24.6 Å². The van der Waals surface area contributed by atoms with Crippen LogP contribution in [-0.2, 0) is 10.2 Å². The number of anilines is 1. The maximum atomic E-state index is 13.1. The molecule has 2 heterocycles. The lowest BCUT2D eigenvalue weighted by atomic mass is 9.87. The van der Waals surface area contributed by atoms with E-state index in [-0.39, 0.29) is 33.7 Å². The molecule has 0 saturated heterocycles. The molecular weight excluding hydrogens is 510 g/mol. The summed E-state index contributed by atoms with van der Waals surface area (Å²) in [6.45, 7) is 8.05.